The fourth-order valence-electron chi connectivity index (χ4n) is 6.32. The van der Waals surface area contributed by atoms with Gasteiger partial charge in [0.25, 0.3) is 23.3 Å². The summed E-state index contributed by atoms with van der Waals surface area (Å²) in [5.41, 5.74) is -0.359. The van der Waals surface area contributed by atoms with Crippen molar-refractivity contribution in [3.05, 3.63) is 97.8 Å². The fourth-order valence-corrected chi connectivity index (χ4v) is 6.32. The number of halogens is 2. The smallest absolute Gasteiger partial charge is 0.330 e. The summed E-state index contributed by atoms with van der Waals surface area (Å²) >= 11 is 0. The lowest BCUT2D eigenvalue weighted by molar-refractivity contribution is -0.139. The first-order valence-electron chi connectivity index (χ1n) is 21.0. The van der Waals surface area contributed by atoms with E-state index in [2.05, 4.69) is 16.0 Å². The molecule has 2 aromatic carbocycles. The van der Waals surface area contributed by atoms with Crippen LogP contribution in [-0.4, -0.2) is 140 Å². The zero-order valence-electron chi connectivity index (χ0n) is 36.9. The zero-order valence-corrected chi connectivity index (χ0v) is 36.9. The van der Waals surface area contributed by atoms with Gasteiger partial charge >= 0.3 is 11.7 Å². The number of rotatable bonds is 29. The molecule has 0 unspecified atom stereocenters. The summed E-state index contributed by atoms with van der Waals surface area (Å²) in [5, 5.41) is 17.3. The van der Waals surface area contributed by atoms with Crippen molar-refractivity contribution in [3.8, 4) is 16.9 Å². The molecule has 4 rings (SSSR count). The summed E-state index contributed by atoms with van der Waals surface area (Å²) in [4.78, 5) is 97.9. The molecule has 22 heteroatoms. The van der Waals surface area contributed by atoms with E-state index >= 15 is 0 Å². The van der Waals surface area contributed by atoms with Crippen LogP contribution in [0.1, 0.15) is 40.9 Å². The molecule has 0 aliphatic carbocycles. The number of imide groups is 1. The fraction of sp³-hybridized carbons (Fsp3) is 0.455. The molecule has 0 fully saturated rings. The van der Waals surface area contributed by atoms with Crippen LogP contribution in [0.2, 0.25) is 0 Å². The number of ether oxygens (including phenoxy) is 5. The summed E-state index contributed by atoms with van der Waals surface area (Å²) in [6, 6.07) is 6.25. The number of carboxylic acids is 1. The first-order valence-corrected chi connectivity index (χ1v) is 21.0. The van der Waals surface area contributed by atoms with Crippen LogP contribution in [0, 0.1) is 18.6 Å². The minimum atomic E-state index is -1.57. The molecule has 5 amide bonds. The highest BCUT2D eigenvalue weighted by atomic mass is 19.1. The molecule has 1 aliphatic heterocycles. The van der Waals surface area contributed by atoms with Crippen molar-refractivity contribution in [1.82, 2.24) is 30.0 Å². The lowest BCUT2D eigenvalue weighted by Crippen LogP contribution is -2.43. The second-order valence-corrected chi connectivity index (χ2v) is 14.7. The van der Waals surface area contributed by atoms with E-state index < -0.39 is 58.2 Å². The van der Waals surface area contributed by atoms with Crippen LogP contribution in [0.15, 0.2) is 58.1 Å². The molecule has 0 saturated heterocycles. The molecule has 358 valence electrons. The van der Waals surface area contributed by atoms with Crippen molar-refractivity contribution in [2.24, 2.45) is 14.1 Å². The van der Waals surface area contributed by atoms with E-state index in [0.717, 1.165) is 33.8 Å². The summed E-state index contributed by atoms with van der Waals surface area (Å²) in [5.74, 6) is -6.97. The van der Waals surface area contributed by atoms with E-state index in [-0.39, 0.29) is 101 Å². The monoisotopic (exact) mass is 928 g/mol. The molecule has 0 bridgehead atoms. The summed E-state index contributed by atoms with van der Waals surface area (Å²) in [7, 11) is 2.89. The normalized spacial score (nSPS) is 12.7. The minimum Gasteiger partial charge on any atom is -0.493 e. The maximum atomic E-state index is 15.0. The van der Waals surface area contributed by atoms with Crippen molar-refractivity contribution >= 4 is 35.5 Å². The highest BCUT2D eigenvalue weighted by Crippen LogP contribution is 2.22. The number of benzene rings is 2. The quantitative estimate of drug-likeness (QED) is 0.0548. The molecule has 1 aliphatic rings. The Kier molecular flexibility index (Phi) is 20.8. The van der Waals surface area contributed by atoms with E-state index in [9.17, 15) is 52.2 Å². The van der Waals surface area contributed by atoms with Crippen molar-refractivity contribution in [2.45, 2.75) is 38.6 Å². The van der Waals surface area contributed by atoms with Crippen LogP contribution < -0.4 is 31.9 Å². The Balaban J connectivity index is 1.02. The third-order valence-electron chi connectivity index (χ3n) is 10.0. The molecule has 0 saturated carbocycles. The van der Waals surface area contributed by atoms with Crippen LogP contribution in [0.4, 0.5) is 8.78 Å². The van der Waals surface area contributed by atoms with E-state index in [0.29, 0.717) is 43.2 Å². The lowest BCUT2D eigenvalue weighted by atomic mass is 10.00. The first-order chi connectivity index (χ1) is 31.6. The van der Waals surface area contributed by atoms with Gasteiger partial charge in [-0.15, -0.1) is 0 Å². The first kappa shape index (κ1) is 52.0. The third kappa shape index (κ3) is 15.8. The third-order valence-corrected chi connectivity index (χ3v) is 10.0. The summed E-state index contributed by atoms with van der Waals surface area (Å²) in [6.45, 7) is 4.31. The van der Waals surface area contributed by atoms with Gasteiger partial charge in [0.05, 0.1) is 65.0 Å². The van der Waals surface area contributed by atoms with Gasteiger partial charge in [-0.25, -0.2) is 18.4 Å². The lowest BCUT2D eigenvalue weighted by Gasteiger charge is -2.16. The van der Waals surface area contributed by atoms with Gasteiger partial charge in [0.1, 0.15) is 29.0 Å². The molecule has 4 N–H and O–H groups in total. The highest BCUT2D eigenvalue weighted by molar-refractivity contribution is 6.13. The molecule has 1 aromatic heterocycles. The average Bonchev–Trinajstić information content (AvgIpc) is 3.60. The van der Waals surface area contributed by atoms with Crippen LogP contribution in [0.25, 0.3) is 11.1 Å². The number of hydrogen-bond donors (Lipinski definition) is 4. The van der Waals surface area contributed by atoms with Crippen LogP contribution in [-0.2, 0) is 63.4 Å². The topological polar surface area (TPSA) is 252 Å². The van der Waals surface area contributed by atoms with Crippen LogP contribution in [0.5, 0.6) is 5.75 Å². The van der Waals surface area contributed by atoms with Crippen LogP contribution >= 0.6 is 0 Å². The molecular formula is C44H54F2N6O14. The van der Waals surface area contributed by atoms with Gasteiger partial charge in [-0.2, -0.15) is 0 Å². The van der Waals surface area contributed by atoms with E-state index in [4.69, 9.17) is 23.7 Å². The molecule has 20 nitrogen and oxygen atoms in total. The number of aromatic nitrogens is 2. The van der Waals surface area contributed by atoms with E-state index in [1.165, 1.54) is 18.7 Å². The molecule has 1 atom stereocenters. The number of aliphatic carboxylic acids is 1. The largest absolute Gasteiger partial charge is 0.493 e. The van der Waals surface area contributed by atoms with Crippen molar-refractivity contribution in [3.63, 3.8) is 0 Å². The maximum Gasteiger partial charge on any atom is 0.330 e. The predicted octanol–water partition coefficient (Wildman–Crippen LogP) is 0.536. The Morgan fingerprint density at radius 2 is 1.26 bits per heavy atom. The van der Waals surface area contributed by atoms with Crippen molar-refractivity contribution in [2.75, 3.05) is 79.1 Å². The minimum absolute atomic E-state index is 0.00475. The number of hydrogen-bond acceptors (Lipinski definition) is 13. The van der Waals surface area contributed by atoms with Crippen LogP contribution in [0.3, 0.4) is 0 Å². The van der Waals surface area contributed by atoms with Gasteiger partial charge in [-0.3, -0.25) is 38.2 Å². The number of amides is 5. The van der Waals surface area contributed by atoms with E-state index in [1.807, 2.05) is 0 Å². The molecular weight excluding hydrogens is 875 g/mol. The van der Waals surface area contributed by atoms with Gasteiger partial charge in [-0.05, 0) is 24.5 Å². The molecule has 2 heterocycles. The highest BCUT2D eigenvalue weighted by Gasteiger charge is 2.27. The molecule has 3 aromatic rings. The molecule has 66 heavy (non-hydrogen) atoms. The van der Waals surface area contributed by atoms with Gasteiger partial charge in [0.15, 0.2) is 0 Å². The number of carbonyl (C=O) groups excluding carboxylic acids is 5. The van der Waals surface area contributed by atoms with Gasteiger partial charge in [0.2, 0.25) is 11.8 Å². The van der Waals surface area contributed by atoms with Gasteiger partial charge < -0.3 is 49.3 Å². The molecule has 0 spiro atoms. The maximum absolute atomic E-state index is 15.0. The second kappa shape index (κ2) is 26.4. The summed E-state index contributed by atoms with van der Waals surface area (Å²) in [6.07, 6.45) is 2.45. The van der Waals surface area contributed by atoms with Gasteiger partial charge in [-0.1, -0.05) is 24.3 Å². The number of nitrogens with one attached hydrogen (secondary N) is 3. The Morgan fingerprint density at radius 1 is 0.712 bits per heavy atom. The predicted molar refractivity (Wildman–Crippen MR) is 231 cm³/mol. The number of nitrogens with zero attached hydrogens (tertiary/aromatic N) is 3. The SMILES string of the molecule is Cc1c(-c2ccc(C[C@H](NC(=O)c3c(F)cc(OCCCNC(=O)CCOCCOCCOCCOCCNC(=O)CCN4C(=O)C=CC4=O)cc3F)C(=O)O)cc2)c(=O)n(C)c(=O)n1C. The Hall–Kier alpha value is -6.62. The number of carboxylic acid groups (broad SMARTS) is 1. The van der Waals surface area contributed by atoms with E-state index in [1.54, 1.807) is 31.2 Å². The zero-order chi connectivity index (χ0) is 48.2. The Labute approximate surface area is 377 Å². The second-order valence-electron chi connectivity index (χ2n) is 14.7. The Morgan fingerprint density at radius 3 is 1.85 bits per heavy atom. The molecule has 0 radical (unpaired) electrons. The van der Waals surface area contributed by atoms with Crippen molar-refractivity contribution in [1.29, 1.82) is 0 Å². The summed E-state index contributed by atoms with van der Waals surface area (Å²) < 4.78 is 59.3. The standard InChI is InChI=1S/C44H54F2N6O14/c1-28-39(42(58)51(3)44(61)50(28)2)30-7-5-29(6-8-30)25-34(43(59)60)49-41(57)40-32(45)26-31(27-33(40)46)66-16-4-13-47-36(54)12-17-62-19-21-64-23-24-65-22-20-63-18-14-48-35(53)11-15-52-37(55)9-10-38(52)56/h5-10,26-27,34H,4,11-25H2,1-3H3,(H,47,54)(H,48,53)(H,49,57)(H,59,60)/t34-/m0/s1. The van der Waals surface area contributed by atoms with Gasteiger partial charge in [0, 0.05) is 83.0 Å². The number of carbonyl (C=O) groups is 6. The average molecular weight is 929 g/mol. The Bertz CT molecular complexity index is 2310. The van der Waals surface area contributed by atoms with Crippen molar-refractivity contribution < 1.29 is 66.3 Å².